The van der Waals surface area contributed by atoms with Gasteiger partial charge >= 0.3 is 0 Å². The van der Waals surface area contributed by atoms with Crippen molar-refractivity contribution in [2.75, 3.05) is 0 Å². The molecule has 0 spiro atoms. The Bertz CT molecular complexity index is 279. The average molecular weight is 350 g/mol. The second kappa shape index (κ2) is 6.63. The summed E-state index contributed by atoms with van der Waals surface area (Å²) in [5.41, 5.74) is 2.66. The Labute approximate surface area is 133 Å². The van der Waals surface area contributed by atoms with Crippen LogP contribution < -0.4 is 0 Å². The van der Waals surface area contributed by atoms with Gasteiger partial charge in [-0.25, -0.2) is 0 Å². The van der Waals surface area contributed by atoms with Crippen molar-refractivity contribution in [2.45, 2.75) is 91.1 Å². The second-order valence-corrected chi connectivity index (χ2v) is 25.4. The molecular weight excluding hydrogens is 312 g/mol. The van der Waals surface area contributed by atoms with Crippen molar-refractivity contribution in [3.05, 3.63) is 0 Å². The van der Waals surface area contributed by atoms with Crippen LogP contribution in [0.3, 0.4) is 0 Å². The van der Waals surface area contributed by atoms with Gasteiger partial charge in [0.15, 0.2) is 0 Å². The van der Waals surface area contributed by atoms with E-state index in [0.717, 1.165) is 0 Å². The lowest BCUT2D eigenvalue weighted by Crippen LogP contribution is -2.53. The molecule has 0 N–H and O–H groups in total. The summed E-state index contributed by atoms with van der Waals surface area (Å²) in [6.45, 7) is 29.4. The molecule has 0 rings (SSSR count). The first-order chi connectivity index (χ1) is 8.47. The molecule has 0 aromatic rings. The number of hydrogen-bond donors (Lipinski definition) is 0. The van der Waals surface area contributed by atoms with Gasteiger partial charge in [-0.15, -0.1) is 0 Å². The van der Waals surface area contributed by atoms with E-state index in [1.807, 2.05) is 0 Å². The predicted molar refractivity (Wildman–Crippen MR) is 108 cm³/mol. The quantitative estimate of drug-likeness (QED) is 0.405. The van der Waals surface area contributed by atoms with Crippen LogP contribution >= 0.6 is 16.3 Å². The summed E-state index contributed by atoms with van der Waals surface area (Å²) >= 11 is 0. The van der Waals surface area contributed by atoms with Crippen LogP contribution in [0, 0.1) is 0 Å². The van der Waals surface area contributed by atoms with Crippen LogP contribution in [0.5, 0.6) is 0 Å². The van der Waals surface area contributed by atoms with Gasteiger partial charge in [-0.2, -0.15) is 0 Å². The summed E-state index contributed by atoms with van der Waals surface area (Å²) < 4.78 is 2.87. The second-order valence-electron chi connectivity index (χ2n) is 9.60. The van der Waals surface area contributed by atoms with Gasteiger partial charge in [0.25, 0.3) is 0 Å². The minimum absolute atomic E-state index is 0.104. The minimum atomic E-state index is -1.25. The molecule has 0 heterocycles. The Hall–Kier alpha value is 0.994. The van der Waals surface area contributed by atoms with Gasteiger partial charge in [-0.05, 0) is 24.2 Å². The zero-order valence-electron chi connectivity index (χ0n) is 15.9. The van der Waals surface area contributed by atoms with Crippen LogP contribution in [0.1, 0.15) is 41.5 Å². The maximum Gasteiger partial charge on any atom is 0.120 e. The molecule has 0 aromatic carbocycles. The van der Waals surface area contributed by atoms with E-state index in [9.17, 15) is 0 Å². The molecule has 0 aromatic heterocycles. The van der Waals surface area contributed by atoms with Crippen LogP contribution in [0.4, 0.5) is 0 Å². The van der Waals surface area contributed by atoms with E-state index in [1.54, 1.807) is 0 Å². The normalized spacial score (nSPS) is 15.7. The summed E-state index contributed by atoms with van der Waals surface area (Å²) in [6.07, 6.45) is 0. The van der Waals surface area contributed by atoms with E-state index in [0.29, 0.717) is 10.3 Å². The van der Waals surface area contributed by atoms with Crippen molar-refractivity contribution in [3.8, 4) is 0 Å². The SMILES string of the molecule is CC(C)(C)P(C=PN([Si](C)(C)C)[Si](C)(C)C)C(C)(C)C. The van der Waals surface area contributed by atoms with Crippen molar-refractivity contribution in [1.82, 2.24) is 4.00 Å². The number of rotatable bonds is 4. The highest BCUT2D eigenvalue weighted by molar-refractivity contribution is 7.84. The van der Waals surface area contributed by atoms with E-state index in [-0.39, 0.29) is 7.92 Å². The fourth-order valence-electron chi connectivity index (χ4n) is 2.81. The Morgan fingerprint density at radius 1 is 0.750 bits per heavy atom. The molecule has 0 fully saturated rings. The lowest BCUT2D eigenvalue weighted by Gasteiger charge is -2.43. The Morgan fingerprint density at radius 2 is 1.05 bits per heavy atom. The van der Waals surface area contributed by atoms with Gasteiger partial charge in [0, 0.05) is 0 Å². The van der Waals surface area contributed by atoms with Gasteiger partial charge in [0.2, 0.25) is 0 Å². The summed E-state index contributed by atoms with van der Waals surface area (Å²) in [6, 6.07) is 0. The van der Waals surface area contributed by atoms with E-state index in [1.165, 1.54) is 8.35 Å². The van der Waals surface area contributed by atoms with Gasteiger partial charge in [0.1, 0.15) is 16.5 Å². The van der Waals surface area contributed by atoms with E-state index >= 15 is 0 Å². The molecule has 0 aliphatic rings. The third-order valence-corrected chi connectivity index (χ3v) is 18.3. The molecule has 0 atom stereocenters. The van der Waals surface area contributed by atoms with Gasteiger partial charge < -0.3 is 0 Å². The van der Waals surface area contributed by atoms with Crippen molar-refractivity contribution in [2.24, 2.45) is 0 Å². The highest BCUT2D eigenvalue weighted by Gasteiger charge is 2.36. The third kappa shape index (κ3) is 6.84. The largest absolute Gasteiger partial charge is 0.300 e. The lowest BCUT2D eigenvalue weighted by atomic mass is 10.2. The highest BCUT2D eigenvalue weighted by atomic mass is 31.1. The predicted octanol–water partition coefficient (Wildman–Crippen LogP) is 6.66. The molecule has 20 heavy (non-hydrogen) atoms. The van der Waals surface area contributed by atoms with Crippen LogP contribution in [-0.4, -0.2) is 36.3 Å². The van der Waals surface area contributed by atoms with Crippen molar-refractivity contribution in [3.63, 3.8) is 0 Å². The fourth-order valence-corrected chi connectivity index (χ4v) is 20.2. The molecule has 0 saturated carbocycles. The van der Waals surface area contributed by atoms with E-state index in [2.05, 4.69) is 90.4 Å². The van der Waals surface area contributed by atoms with Crippen molar-refractivity contribution in [1.29, 1.82) is 0 Å². The first-order valence-corrected chi connectivity index (χ1v) is 16.8. The summed E-state index contributed by atoms with van der Waals surface area (Å²) in [5, 5.41) is 0.788. The topological polar surface area (TPSA) is 3.24 Å². The first kappa shape index (κ1) is 21.0. The molecule has 0 aliphatic heterocycles. The molecule has 0 aliphatic carbocycles. The third-order valence-electron chi connectivity index (χ3n) is 3.00. The molecular formula is C15H37NP2Si2. The fraction of sp³-hybridized carbons (Fsp3) is 0.933. The average Bonchev–Trinajstić information content (AvgIpc) is 2.02. The Balaban J connectivity index is 5.50. The van der Waals surface area contributed by atoms with Gasteiger partial charge in [0.05, 0.1) is 0 Å². The molecule has 5 heteroatoms. The van der Waals surface area contributed by atoms with Crippen LogP contribution in [0.2, 0.25) is 39.3 Å². The maximum absolute atomic E-state index is 2.87. The van der Waals surface area contributed by atoms with Crippen molar-refractivity contribution < 1.29 is 0 Å². The first-order valence-electron chi connectivity index (χ1n) is 7.61. The Morgan fingerprint density at radius 3 is 1.25 bits per heavy atom. The maximum atomic E-state index is 2.87. The molecule has 0 radical (unpaired) electrons. The van der Waals surface area contributed by atoms with E-state index in [4.69, 9.17) is 0 Å². The monoisotopic (exact) mass is 349 g/mol. The van der Waals surface area contributed by atoms with Crippen LogP contribution in [0.25, 0.3) is 0 Å². The molecule has 120 valence electrons. The molecule has 0 bridgehead atoms. The Kier molecular flexibility index (Phi) is 6.96. The zero-order valence-corrected chi connectivity index (χ0v) is 19.7. The number of nitrogens with zero attached hydrogens (tertiary/aromatic N) is 1. The zero-order chi connectivity index (χ0) is 16.6. The number of hydrogen-bond acceptors (Lipinski definition) is 1. The van der Waals surface area contributed by atoms with Gasteiger partial charge in [-0.1, -0.05) is 88.7 Å². The molecule has 0 unspecified atom stereocenters. The highest BCUT2D eigenvalue weighted by Crippen LogP contribution is 2.58. The molecule has 0 saturated heterocycles. The summed E-state index contributed by atoms with van der Waals surface area (Å²) in [4.78, 5) is 0. The van der Waals surface area contributed by atoms with E-state index < -0.39 is 16.5 Å². The van der Waals surface area contributed by atoms with Crippen molar-refractivity contribution >= 4 is 38.3 Å². The van der Waals surface area contributed by atoms with Crippen LogP contribution in [-0.2, 0) is 0 Å². The summed E-state index contributed by atoms with van der Waals surface area (Å²) in [7, 11) is -1.11. The van der Waals surface area contributed by atoms with Gasteiger partial charge in [-0.3, -0.25) is 4.00 Å². The molecule has 1 nitrogen and oxygen atoms in total. The minimum Gasteiger partial charge on any atom is -0.300 e. The lowest BCUT2D eigenvalue weighted by molar-refractivity contribution is 0.718. The van der Waals surface area contributed by atoms with Crippen LogP contribution in [0.15, 0.2) is 0 Å². The summed E-state index contributed by atoms with van der Waals surface area (Å²) in [5.74, 6) is 0. The molecule has 0 amide bonds. The smallest absolute Gasteiger partial charge is 0.120 e. The standard InChI is InChI=1S/C15H37NP2Si2/c1-14(2,3)18(15(4,5)6)13-17-16(19(7,8)9)20(10,11)12/h13H,1-12H3.